The Morgan fingerprint density at radius 2 is 2.19 bits per heavy atom. The first-order valence-corrected chi connectivity index (χ1v) is 7.41. The van der Waals surface area contributed by atoms with Crippen molar-refractivity contribution in [2.24, 2.45) is 11.7 Å². The molecule has 1 fully saturated rings. The average molecular weight is 333 g/mol. The molecule has 2 rings (SSSR count). The van der Waals surface area contributed by atoms with Gasteiger partial charge in [-0.1, -0.05) is 30.2 Å². The Morgan fingerprint density at radius 1 is 1.48 bits per heavy atom. The Balaban J connectivity index is 0.00000220. The predicted molar refractivity (Wildman–Crippen MR) is 87.1 cm³/mol. The van der Waals surface area contributed by atoms with Crippen LogP contribution in [-0.4, -0.2) is 24.6 Å². The second kappa shape index (κ2) is 8.47. The van der Waals surface area contributed by atoms with Crippen molar-refractivity contribution in [3.8, 4) is 5.75 Å². The third-order valence-corrected chi connectivity index (χ3v) is 4.11. The quantitative estimate of drug-likeness (QED) is 0.871. The Kier molecular flexibility index (Phi) is 7.29. The van der Waals surface area contributed by atoms with Gasteiger partial charge in [0.15, 0.2) is 6.10 Å². The maximum atomic E-state index is 12.2. The number of nitrogens with two attached hydrogens (primary N) is 1. The topological polar surface area (TPSA) is 64.3 Å². The molecule has 3 N–H and O–H groups in total. The number of rotatable bonds is 5. The van der Waals surface area contributed by atoms with E-state index in [4.69, 9.17) is 22.1 Å². The summed E-state index contributed by atoms with van der Waals surface area (Å²) in [5.41, 5.74) is 5.72. The van der Waals surface area contributed by atoms with Crippen molar-refractivity contribution in [3.05, 3.63) is 29.3 Å². The zero-order valence-electron chi connectivity index (χ0n) is 12.0. The fraction of sp³-hybridized carbons (Fsp3) is 0.533. The van der Waals surface area contributed by atoms with Gasteiger partial charge in [0.2, 0.25) is 0 Å². The summed E-state index contributed by atoms with van der Waals surface area (Å²) in [5.74, 6) is 0.792. The summed E-state index contributed by atoms with van der Waals surface area (Å²) in [6.45, 7) is 2.34. The normalized spacial score (nSPS) is 22.2. The highest BCUT2D eigenvalue weighted by Gasteiger charge is 2.29. The molecule has 1 aromatic carbocycles. The van der Waals surface area contributed by atoms with Crippen LogP contribution in [-0.2, 0) is 4.79 Å². The second-order valence-electron chi connectivity index (χ2n) is 5.23. The molecule has 0 bridgehead atoms. The van der Waals surface area contributed by atoms with E-state index in [1.807, 2.05) is 12.1 Å². The van der Waals surface area contributed by atoms with Gasteiger partial charge in [-0.3, -0.25) is 4.79 Å². The molecule has 118 valence electrons. The Hall–Kier alpha value is -0.970. The lowest BCUT2D eigenvalue weighted by molar-refractivity contribution is -0.128. The number of para-hydroxylation sites is 1. The number of carbonyl (C=O) groups is 1. The van der Waals surface area contributed by atoms with Crippen molar-refractivity contribution >= 4 is 29.9 Å². The van der Waals surface area contributed by atoms with Gasteiger partial charge < -0.3 is 15.8 Å². The van der Waals surface area contributed by atoms with E-state index in [9.17, 15) is 4.79 Å². The van der Waals surface area contributed by atoms with Crippen LogP contribution in [0.25, 0.3) is 0 Å². The van der Waals surface area contributed by atoms with Gasteiger partial charge in [0.1, 0.15) is 5.75 Å². The summed E-state index contributed by atoms with van der Waals surface area (Å²) < 4.78 is 5.61. The van der Waals surface area contributed by atoms with Gasteiger partial charge in [-0.25, -0.2) is 0 Å². The third kappa shape index (κ3) is 4.77. The van der Waals surface area contributed by atoms with Gasteiger partial charge in [0, 0.05) is 6.04 Å². The highest BCUT2D eigenvalue weighted by molar-refractivity contribution is 6.32. The van der Waals surface area contributed by atoms with Gasteiger partial charge in [-0.2, -0.15) is 0 Å². The maximum absolute atomic E-state index is 12.2. The van der Waals surface area contributed by atoms with Gasteiger partial charge in [-0.05, 0) is 44.4 Å². The van der Waals surface area contributed by atoms with E-state index in [0.29, 0.717) is 23.2 Å². The highest BCUT2D eigenvalue weighted by atomic mass is 35.5. The standard InChI is InChI=1S/C15H21ClN2O2.ClH/c1-10(20-14-8-3-2-6-12(14)16)15(19)18-13-7-4-5-11(13)9-17;/h2-3,6,8,10-11,13H,4-5,7,9,17H2,1H3,(H,18,19);1H. The largest absolute Gasteiger partial charge is 0.479 e. The number of halogens is 2. The van der Waals surface area contributed by atoms with Crippen LogP contribution < -0.4 is 15.8 Å². The number of benzene rings is 1. The molecule has 1 aliphatic carbocycles. The number of carbonyl (C=O) groups excluding carboxylic acids is 1. The van der Waals surface area contributed by atoms with Crippen molar-refractivity contribution in [3.63, 3.8) is 0 Å². The summed E-state index contributed by atoms with van der Waals surface area (Å²) in [6.07, 6.45) is 2.62. The molecular weight excluding hydrogens is 311 g/mol. The third-order valence-electron chi connectivity index (χ3n) is 3.80. The molecule has 21 heavy (non-hydrogen) atoms. The molecule has 0 aliphatic heterocycles. The van der Waals surface area contributed by atoms with Crippen LogP contribution in [0.3, 0.4) is 0 Å². The van der Waals surface area contributed by atoms with Crippen molar-refractivity contribution < 1.29 is 9.53 Å². The monoisotopic (exact) mass is 332 g/mol. The van der Waals surface area contributed by atoms with Gasteiger partial charge in [0.25, 0.3) is 5.91 Å². The lowest BCUT2D eigenvalue weighted by Gasteiger charge is -2.22. The maximum Gasteiger partial charge on any atom is 0.261 e. The van der Waals surface area contributed by atoms with E-state index in [-0.39, 0.29) is 24.4 Å². The van der Waals surface area contributed by atoms with Crippen molar-refractivity contribution in [2.45, 2.75) is 38.3 Å². The lowest BCUT2D eigenvalue weighted by Crippen LogP contribution is -2.45. The van der Waals surface area contributed by atoms with Crippen molar-refractivity contribution in [2.75, 3.05) is 6.54 Å². The number of hydrogen-bond acceptors (Lipinski definition) is 3. The minimum atomic E-state index is -0.575. The van der Waals surface area contributed by atoms with E-state index in [1.54, 1.807) is 19.1 Å². The molecule has 1 saturated carbocycles. The van der Waals surface area contributed by atoms with Gasteiger partial charge >= 0.3 is 0 Å². The summed E-state index contributed by atoms with van der Waals surface area (Å²) >= 11 is 6.02. The van der Waals surface area contributed by atoms with Crippen LogP contribution in [0.4, 0.5) is 0 Å². The summed E-state index contributed by atoms with van der Waals surface area (Å²) in [6, 6.07) is 7.31. The van der Waals surface area contributed by atoms with E-state index in [0.717, 1.165) is 19.3 Å². The summed E-state index contributed by atoms with van der Waals surface area (Å²) in [7, 11) is 0. The first kappa shape index (κ1) is 18.1. The Morgan fingerprint density at radius 3 is 2.86 bits per heavy atom. The second-order valence-corrected chi connectivity index (χ2v) is 5.64. The van der Waals surface area contributed by atoms with Crippen molar-refractivity contribution in [1.82, 2.24) is 5.32 Å². The number of ether oxygens (including phenoxy) is 1. The molecule has 0 heterocycles. The van der Waals surface area contributed by atoms with E-state index < -0.39 is 6.10 Å². The van der Waals surface area contributed by atoms with E-state index >= 15 is 0 Å². The van der Waals surface area contributed by atoms with Crippen LogP contribution in [0.15, 0.2) is 24.3 Å². The fourth-order valence-corrected chi connectivity index (χ4v) is 2.77. The zero-order valence-corrected chi connectivity index (χ0v) is 13.6. The first-order valence-electron chi connectivity index (χ1n) is 7.03. The van der Waals surface area contributed by atoms with Crippen LogP contribution in [0.2, 0.25) is 5.02 Å². The van der Waals surface area contributed by atoms with E-state index in [2.05, 4.69) is 5.32 Å². The van der Waals surface area contributed by atoms with Crippen LogP contribution in [0.1, 0.15) is 26.2 Å². The Labute approximate surface area is 136 Å². The van der Waals surface area contributed by atoms with Gasteiger partial charge in [0.05, 0.1) is 5.02 Å². The number of hydrogen-bond donors (Lipinski definition) is 2. The molecule has 6 heteroatoms. The molecule has 1 amide bonds. The van der Waals surface area contributed by atoms with Crippen LogP contribution in [0.5, 0.6) is 5.75 Å². The smallest absolute Gasteiger partial charge is 0.261 e. The minimum Gasteiger partial charge on any atom is -0.479 e. The fourth-order valence-electron chi connectivity index (χ4n) is 2.59. The number of amides is 1. The highest BCUT2D eigenvalue weighted by Crippen LogP contribution is 2.26. The minimum absolute atomic E-state index is 0. The lowest BCUT2D eigenvalue weighted by atomic mass is 10.0. The van der Waals surface area contributed by atoms with Crippen LogP contribution in [0, 0.1) is 5.92 Å². The summed E-state index contributed by atoms with van der Waals surface area (Å²) in [4.78, 5) is 12.2. The predicted octanol–water partition coefficient (Wildman–Crippen LogP) is 2.77. The molecule has 1 aromatic rings. The molecule has 0 spiro atoms. The molecule has 3 unspecified atom stereocenters. The Bertz CT molecular complexity index is 471. The van der Waals surface area contributed by atoms with Crippen molar-refractivity contribution in [1.29, 1.82) is 0 Å². The van der Waals surface area contributed by atoms with Gasteiger partial charge in [-0.15, -0.1) is 12.4 Å². The molecule has 4 nitrogen and oxygen atoms in total. The SMILES string of the molecule is CC(Oc1ccccc1Cl)C(=O)NC1CCCC1CN.Cl. The molecule has 1 aliphatic rings. The number of nitrogens with one attached hydrogen (secondary N) is 1. The zero-order chi connectivity index (χ0) is 14.5. The summed E-state index contributed by atoms with van der Waals surface area (Å²) in [5, 5.41) is 3.54. The average Bonchev–Trinajstić information content (AvgIpc) is 2.88. The molecular formula is C15H22Cl2N2O2. The van der Waals surface area contributed by atoms with E-state index in [1.165, 1.54) is 0 Å². The molecule has 0 saturated heterocycles. The van der Waals surface area contributed by atoms with Crippen LogP contribution >= 0.6 is 24.0 Å². The molecule has 0 radical (unpaired) electrons. The first-order chi connectivity index (χ1) is 9.61. The molecule has 3 atom stereocenters. The molecule has 0 aromatic heterocycles.